The van der Waals surface area contributed by atoms with Crippen molar-refractivity contribution in [2.45, 2.75) is 38.5 Å². The van der Waals surface area contributed by atoms with E-state index in [0.29, 0.717) is 5.92 Å². The van der Waals surface area contributed by atoms with Crippen LogP contribution in [0.15, 0.2) is 54.6 Å². The molecule has 2 aromatic carbocycles. The average Bonchev–Trinajstić information content (AvgIpc) is 2.62. The summed E-state index contributed by atoms with van der Waals surface area (Å²) in [7, 11) is 0. The molecular formula is C18H23N3O. The highest BCUT2D eigenvalue weighted by Crippen LogP contribution is 2.23. The number of hydrogen-bond acceptors (Lipinski definition) is 4. The van der Waals surface area contributed by atoms with Gasteiger partial charge in [-0.15, -0.1) is 0 Å². The summed E-state index contributed by atoms with van der Waals surface area (Å²) in [4.78, 5) is 5.34. The smallest absolute Gasteiger partial charge is 0.110 e. The molecule has 0 spiro atoms. The van der Waals surface area contributed by atoms with Gasteiger partial charge in [0.15, 0.2) is 0 Å². The van der Waals surface area contributed by atoms with Gasteiger partial charge in [0.25, 0.3) is 0 Å². The van der Waals surface area contributed by atoms with Gasteiger partial charge in [0.2, 0.25) is 0 Å². The number of nitrogens with one attached hydrogen (secondary N) is 3. The predicted octanol–water partition coefficient (Wildman–Crippen LogP) is 3.53. The molecule has 0 radical (unpaired) electrons. The Morgan fingerprint density at radius 1 is 0.909 bits per heavy atom. The molecule has 4 heteroatoms. The summed E-state index contributed by atoms with van der Waals surface area (Å²) in [5.74, 6) is 0.594. The quantitative estimate of drug-likeness (QED) is 0.808. The molecule has 3 atom stereocenters. The van der Waals surface area contributed by atoms with Gasteiger partial charge < -0.3 is 0 Å². The Bertz CT molecular complexity index is 585. The number of hydrogen-bond donors (Lipinski definition) is 3. The summed E-state index contributed by atoms with van der Waals surface area (Å²) in [5.41, 5.74) is 9.61. The molecule has 0 aromatic heterocycles. The van der Waals surface area contributed by atoms with Crippen LogP contribution < -0.4 is 16.3 Å². The van der Waals surface area contributed by atoms with Crippen LogP contribution in [-0.2, 0) is 4.94 Å². The molecule has 1 saturated heterocycles. The third kappa shape index (κ3) is 3.36. The fourth-order valence-electron chi connectivity index (χ4n) is 2.61. The minimum absolute atomic E-state index is 0.0401. The summed E-state index contributed by atoms with van der Waals surface area (Å²) >= 11 is 0. The van der Waals surface area contributed by atoms with E-state index in [0.717, 1.165) is 17.5 Å². The normalized spacial score (nSPS) is 23.2. The summed E-state index contributed by atoms with van der Waals surface area (Å²) in [6.45, 7) is 4.47. The monoisotopic (exact) mass is 297 g/mol. The van der Waals surface area contributed by atoms with E-state index in [1.54, 1.807) is 0 Å². The van der Waals surface area contributed by atoms with Crippen molar-refractivity contribution in [2.75, 3.05) is 0 Å². The lowest BCUT2D eigenvalue weighted by Crippen LogP contribution is -2.50. The first-order chi connectivity index (χ1) is 10.8. The zero-order chi connectivity index (χ0) is 15.4. The Morgan fingerprint density at radius 2 is 1.50 bits per heavy atom. The van der Waals surface area contributed by atoms with Gasteiger partial charge in [-0.05, 0) is 29.0 Å². The topological polar surface area (TPSA) is 45.3 Å². The van der Waals surface area contributed by atoms with E-state index < -0.39 is 0 Å². The molecule has 1 aliphatic rings. The highest BCUT2D eigenvalue weighted by molar-refractivity contribution is 5.27. The Balaban J connectivity index is 1.72. The largest absolute Gasteiger partial charge is 0.275 e. The van der Waals surface area contributed by atoms with Crippen LogP contribution in [0.3, 0.4) is 0 Å². The first kappa shape index (κ1) is 15.2. The van der Waals surface area contributed by atoms with Crippen molar-refractivity contribution in [3.05, 3.63) is 71.3 Å². The maximum atomic E-state index is 5.34. The van der Waals surface area contributed by atoms with Gasteiger partial charge in [-0.25, -0.2) is 4.94 Å². The molecule has 22 heavy (non-hydrogen) atoms. The first-order valence-electron chi connectivity index (χ1n) is 7.85. The van der Waals surface area contributed by atoms with Gasteiger partial charge in [0.1, 0.15) is 12.3 Å². The van der Waals surface area contributed by atoms with Gasteiger partial charge in [-0.3, -0.25) is 5.32 Å². The van der Waals surface area contributed by atoms with Crippen LogP contribution in [0.2, 0.25) is 0 Å². The molecule has 1 aliphatic heterocycles. The van der Waals surface area contributed by atoms with Crippen LogP contribution in [0.1, 0.15) is 55.2 Å². The van der Waals surface area contributed by atoms with Crippen molar-refractivity contribution in [2.24, 2.45) is 0 Å². The lowest BCUT2D eigenvalue weighted by atomic mass is 9.97. The van der Waals surface area contributed by atoms with E-state index >= 15 is 0 Å². The zero-order valence-corrected chi connectivity index (χ0v) is 13.0. The summed E-state index contributed by atoms with van der Waals surface area (Å²) in [6, 6.07) is 18.9. The van der Waals surface area contributed by atoms with Crippen LogP contribution in [0.5, 0.6) is 0 Å². The molecule has 4 nitrogen and oxygen atoms in total. The minimum Gasteiger partial charge on any atom is -0.275 e. The molecule has 1 heterocycles. The minimum atomic E-state index is -0.0440. The van der Waals surface area contributed by atoms with E-state index in [2.05, 4.69) is 66.5 Å². The molecule has 3 N–H and O–H groups in total. The van der Waals surface area contributed by atoms with Gasteiger partial charge in [0.05, 0.1) is 0 Å². The summed E-state index contributed by atoms with van der Waals surface area (Å²) < 4.78 is 0. The molecule has 2 aromatic rings. The SMILES string of the molecule is CCC(C)c1ccc(C2NONC(c3ccccc3)N2)cc1. The molecule has 3 unspecified atom stereocenters. The number of hydroxylamine groups is 2. The van der Waals surface area contributed by atoms with Gasteiger partial charge in [0, 0.05) is 0 Å². The maximum absolute atomic E-state index is 5.34. The molecule has 116 valence electrons. The summed E-state index contributed by atoms with van der Waals surface area (Å²) in [5, 5.41) is 3.50. The molecule has 0 bridgehead atoms. The van der Waals surface area contributed by atoms with Crippen molar-refractivity contribution in [3.63, 3.8) is 0 Å². The Morgan fingerprint density at radius 3 is 2.09 bits per heavy atom. The Hall–Kier alpha value is -1.72. The second kappa shape index (κ2) is 7.03. The van der Waals surface area contributed by atoms with E-state index in [1.807, 2.05) is 18.2 Å². The lowest BCUT2D eigenvalue weighted by molar-refractivity contribution is -0.127. The molecular weight excluding hydrogens is 274 g/mol. The Kier molecular flexibility index (Phi) is 4.85. The van der Waals surface area contributed by atoms with Crippen LogP contribution in [-0.4, -0.2) is 0 Å². The molecule has 1 fully saturated rings. The van der Waals surface area contributed by atoms with Crippen molar-refractivity contribution < 1.29 is 4.94 Å². The standard InChI is InChI=1S/C18H23N3O/c1-3-13(2)14-9-11-16(12-10-14)18-19-17(20-22-21-18)15-7-5-4-6-8-15/h4-13,17-21H,3H2,1-2H3. The van der Waals surface area contributed by atoms with E-state index in [4.69, 9.17) is 4.94 Å². The second-order valence-electron chi connectivity index (χ2n) is 5.76. The maximum Gasteiger partial charge on any atom is 0.110 e. The molecule has 0 amide bonds. The van der Waals surface area contributed by atoms with Crippen LogP contribution in [0.4, 0.5) is 0 Å². The summed E-state index contributed by atoms with van der Waals surface area (Å²) in [6.07, 6.45) is 1.07. The number of benzene rings is 2. The van der Waals surface area contributed by atoms with Crippen molar-refractivity contribution in [3.8, 4) is 0 Å². The van der Waals surface area contributed by atoms with Gasteiger partial charge >= 0.3 is 0 Å². The number of rotatable bonds is 4. The van der Waals surface area contributed by atoms with Gasteiger partial charge in [-0.2, -0.15) is 11.0 Å². The fraction of sp³-hybridized carbons (Fsp3) is 0.333. The van der Waals surface area contributed by atoms with E-state index in [9.17, 15) is 0 Å². The first-order valence-corrected chi connectivity index (χ1v) is 7.85. The molecule has 0 saturated carbocycles. The van der Waals surface area contributed by atoms with Crippen molar-refractivity contribution in [1.29, 1.82) is 0 Å². The third-order valence-electron chi connectivity index (χ3n) is 4.27. The molecule has 3 rings (SSSR count). The van der Waals surface area contributed by atoms with Gasteiger partial charge in [-0.1, -0.05) is 68.4 Å². The second-order valence-corrected chi connectivity index (χ2v) is 5.76. The van der Waals surface area contributed by atoms with E-state index in [-0.39, 0.29) is 12.3 Å². The third-order valence-corrected chi connectivity index (χ3v) is 4.27. The molecule has 0 aliphatic carbocycles. The highest BCUT2D eigenvalue weighted by Gasteiger charge is 2.23. The van der Waals surface area contributed by atoms with Crippen LogP contribution >= 0.6 is 0 Å². The fourth-order valence-corrected chi connectivity index (χ4v) is 2.61. The predicted molar refractivity (Wildman–Crippen MR) is 87.6 cm³/mol. The van der Waals surface area contributed by atoms with Crippen molar-refractivity contribution in [1.82, 2.24) is 16.3 Å². The average molecular weight is 297 g/mol. The zero-order valence-electron chi connectivity index (χ0n) is 13.0. The van der Waals surface area contributed by atoms with E-state index in [1.165, 1.54) is 5.56 Å². The lowest BCUT2D eigenvalue weighted by Gasteiger charge is -2.32. The Labute approximate surface area is 131 Å². The van der Waals surface area contributed by atoms with Crippen LogP contribution in [0, 0.1) is 0 Å². The van der Waals surface area contributed by atoms with Crippen LogP contribution in [0.25, 0.3) is 0 Å². The van der Waals surface area contributed by atoms with Crippen molar-refractivity contribution >= 4 is 0 Å². The highest BCUT2D eigenvalue weighted by atomic mass is 16.8.